The highest BCUT2D eigenvalue weighted by Crippen LogP contribution is 2.15. The van der Waals surface area contributed by atoms with Gasteiger partial charge in [-0.1, -0.05) is 24.3 Å². The quantitative estimate of drug-likeness (QED) is 0.248. The summed E-state index contributed by atoms with van der Waals surface area (Å²) in [5.74, 6) is -0.719. The van der Waals surface area contributed by atoms with Gasteiger partial charge in [0, 0.05) is 25.7 Å². The molecule has 0 fully saturated rings. The SMILES string of the molecule is CCNC(=NCCS(=O)(=O)c1ccccc1F)NCCc1cccc(C(=O)NC)c1.I. The van der Waals surface area contributed by atoms with Crippen molar-refractivity contribution in [2.45, 2.75) is 18.2 Å². The minimum absolute atomic E-state index is 0. The van der Waals surface area contributed by atoms with E-state index < -0.39 is 15.7 Å². The molecule has 0 saturated carbocycles. The first kappa shape index (κ1) is 26.8. The Labute approximate surface area is 199 Å². The van der Waals surface area contributed by atoms with Gasteiger partial charge in [0.05, 0.1) is 12.3 Å². The van der Waals surface area contributed by atoms with Crippen molar-refractivity contribution >= 4 is 45.7 Å². The average molecular weight is 562 g/mol. The summed E-state index contributed by atoms with van der Waals surface area (Å²) < 4.78 is 38.4. The summed E-state index contributed by atoms with van der Waals surface area (Å²) in [6, 6.07) is 12.6. The molecule has 0 saturated heterocycles. The number of carbonyl (C=O) groups excluding carboxylic acids is 1. The van der Waals surface area contributed by atoms with Crippen molar-refractivity contribution in [2.24, 2.45) is 4.99 Å². The Morgan fingerprint density at radius 3 is 2.52 bits per heavy atom. The van der Waals surface area contributed by atoms with Gasteiger partial charge >= 0.3 is 0 Å². The van der Waals surface area contributed by atoms with Crippen molar-refractivity contribution in [3.63, 3.8) is 0 Å². The van der Waals surface area contributed by atoms with Crippen molar-refractivity contribution in [3.8, 4) is 0 Å². The lowest BCUT2D eigenvalue weighted by atomic mass is 10.1. The number of amides is 1. The minimum atomic E-state index is -3.76. The Morgan fingerprint density at radius 2 is 1.84 bits per heavy atom. The molecule has 0 aliphatic rings. The second-order valence-electron chi connectivity index (χ2n) is 6.47. The van der Waals surface area contributed by atoms with Gasteiger partial charge in [-0.3, -0.25) is 9.79 Å². The number of sulfone groups is 1. The van der Waals surface area contributed by atoms with Crippen molar-refractivity contribution in [1.82, 2.24) is 16.0 Å². The van der Waals surface area contributed by atoms with Crippen LogP contribution >= 0.6 is 24.0 Å². The van der Waals surface area contributed by atoms with Gasteiger partial charge in [-0.05, 0) is 43.2 Å². The zero-order valence-electron chi connectivity index (χ0n) is 17.5. The monoisotopic (exact) mass is 562 g/mol. The Morgan fingerprint density at radius 1 is 1.10 bits per heavy atom. The maximum absolute atomic E-state index is 13.8. The second kappa shape index (κ2) is 13.3. The molecule has 0 heterocycles. The van der Waals surface area contributed by atoms with Crippen LogP contribution in [0.1, 0.15) is 22.8 Å². The summed E-state index contributed by atoms with van der Waals surface area (Å²) in [7, 11) is -2.17. The summed E-state index contributed by atoms with van der Waals surface area (Å²) in [4.78, 5) is 15.7. The fourth-order valence-electron chi connectivity index (χ4n) is 2.76. The standard InChI is InChI=1S/C21H27FN4O3S.HI/c1-3-24-21(25-12-11-16-7-6-8-17(15-16)20(27)23-2)26-13-14-30(28,29)19-10-5-4-9-18(19)22;/h4-10,15H,3,11-14H2,1-2H3,(H,23,27)(H2,24,25,26);1H. The molecule has 2 aromatic rings. The van der Waals surface area contributed by atoms with E-state index >= 15 is 0 Å². The molecule has 7 nitrogen and oxygen atoms in total. The molecular formula is C21H28FIN4O3S. The first-order valence-corrected chi connectivity index (χ1v) is 11.3. The van der Waals surface area contributed by atoms with E-state index in [9.17, 15) is 17.6 Å². The highest BCUT2D eigenvalue weighted by atomic mass is 127. The third-order valence-corrected chi connectivity index (χ3v) is 5.99. The van der Waals surface area contributed by atoms with Crippen LogP contribution in [0, 0.1) is 5.82 Å². The summed E-state index contributed by atoms with van der Waals surface area (Å²) in [6.07, 6.45) is 0.656. The predicted octanol–water partition coefficient (Wildman–Crippen LogP) is 2.37. The van der Waals surface area contributed by atoms with E-state index in [0.717, 1.165) is 11.6 Å². The number of halogens is 2. The van der Waals surface area contributed by atoms with Crippen LogP contribution in [-0.4, -0.2) is 52.7 Å². The van der Waals surface area contributed by atoms with E-state index in [-0.39, 0.29) is 47.1 Å². The van der Waals surface area contributed by atoms with Gasteiger partial charge in [-0.2, -0.15) is 0 Å². The summed E-state index contributed by atoms with van der Waals surface area (Å²) in [5.41, 5.74) is 1.58. The predicted molar refractivity (Wildman–Crippen MR) is 131 cm³/mol. The number of benzene rings is 2. The third kappa shape index (κ3) is 8.44. The van der Waals surface area contributed by atoms with Crippen LogP contribution in [0.25, 0.3) is 0 Å². The molecule has 2 rings (SSSR count). The fraction of sp³-hybridized carbons (Fsp3) is 0.333. The van der Waals surface area contributed by atoms with Crippen LogP contribution in [0.15, 0.2) is 58.4 Å². The Hall–Kier alpha value is -2.21. The van der Waals surface area contributed by atoms with E-state index in [0.29, 0.717) is 31.0 Å². The third-order valence-electron chi connectivity index (χ3n) is 4.27. The van der Waals surface area contributed by atoms with Gasteiger partial charge in [-0.15, -0.1) is 24.0 Å². The van der Waals surface area contributed by atoms with Crippen molar-refractivity contribution in [3.05, 3.63) is 65.5 Å². The minimum Gasteiger partial charge on any atom is -0.357 e. The second-order valence-corrected chi connectivity index (χ2v) is 8.54. The van der Waals surface area contributed by atoms with Crippen LogP contribution < -0.4 is 16.0 Å². The van der Waals surface area contributed by atoms with Crippen LogP contribution in [0.4, 0.5) is 4.39 Å². The molecule has 1 amide bonds. The van der Waals surface area contributed by atoms with E-state index in [1.807, 2.05) is 25.1 Å². The highest BCUT2D eigenvalue weighted by molar-refractivity contribution is 14.0. The number of aliphatic imine (C=N–C) groups is 1. The largest absolute Gasteiger partial charge is 0.357 e. The number of guanidine groups is 1. The van der Waals surface area contributed by atoms with Crippen LogP contribution in [0.2, 0.25) is 0 Å². The van der Waals surface area contributed by atoms with Gasteiger partial charge in [0.15, 0.2) is 15.8 Å². The highest BCUT2D eigenvalue weighted by Gasteiger charge is 2.18. The molecule has 3 N–H and O–H groups in total. The molecule has 0 spiro atoms. The molecule has 0 aromatic heterocycles. The Kier molecular flexibility index (Phi) is 11.5. The van der Waals surface area contributed by atoms with E-state index in [1.165, 1.54) is 18.2 Å². The molecule has 2 aromatic carbocycles. The van der Waals surface area contributed by atoms with E-state index in [4.69, 9.17) is 0 Å². The Bertz CT molecular complexity index is 1000. The summed E-state index contributed by atoms with van der Waals surface area (Å²) in [5, 5.41) is 8.78. The van der Waals surface area contributed by atoms with E-state index in [2.05, 4.69) is 20.9 Å². The molecule has 0 bridgehead atoms. The number of hydrogen-bond acceptors (Lipinski definition) is 4. The summed E-state index contributed by atoms with van der Waals surface area (Å²) >= 11 is 0. The molecule has 31 heavy (non-hydrogen) atoms. The first-order chi connectivity index (χ1) is 14.4. The molecule has 10 heteroatoms. The normalized spacial score (nSPS) is 11.4. The van der Waals surface area contributed by atoms with Crippen molar-refractivity contribution < 1.29 is 17.6 Å². The lowest BCUT2D eigenvalue weighted by Crippen LogP contribution is -2.38. The topological polar surface area (TPSA) is 99.7 Å². The van der Waals surface area contributed by atoms with Crippen LogP contribution in [0.5, 0.6) is 0 Å². The fourth-order valence-corrected chi connectivity index (χ4v) is 3.97. The molecule has 170 valence electrons. The maximum Gasteiger partial charge on any atom is 0.251 e. The number of rotatable bonds is 9. The maximum atomic E-state index is 13.8. The molecule has 0 aliphatic heterocycles. The number of nitrogens with one attached hydrogen (secondary N) is 3. The van der Waals surface area contributed by atoms with Gasteiger partial charge in [-0.25, -0.2) is 12.8 Å². The zero-order valence-corrected chi connectivity index (χ0v) is 20.7. The van der Waals surface area contributed by atoms with Gasteiger partial charge < -0.3 is 16.0 Å². The lowest BCUT2D eigenvalue weighted by molar-refractivity contribution is 0.0963. The number of carbonyl (C=O) groups is 1. The molecule has 0 atom stereocenters. The number of hydrogen-bond donors (Lipinski definition) is 3. The number of nitrogens with zero attached hydrogens (tertiary/aromatic N) is 1. The molecule has 0 radical (unpaired) electrons. The molecule has 0 unspecified atom stereocenters. The Balaban J connectivity index is 0.00000480. The van der Waals surface area contributed by atoms with Gasteiger partial charge in [0.25, 0.3) is 5.91 Å². The average Bonchev–Trinajstić information content (AvgIpc) is 2.73. The van der Waals surface area contributed by atoms with Gasteiger partial charge in [0.2, 0.25) is 0 Å². The summed E-state index contributed by atoms with van der Waals surface area (Å²) in [6.45, 7) is 3.05. The molecule has 0 aliphatic carbocycles. The molecular weight excluding hydrogens is 534 g/mol. The van der Waals surface area contributed by atoms with Crippen LogP contribution in [0.3, 0.4) is 0 Å². The van der Waals surface area contributed by atoms with Crippen molar-refractivity contribution in [1.29, 1.82) is 0 Å². The van der Waals surface area contributed by atoms with Crippen LogP contribution in [-0.2, 0) is 16.3 Å². The first-order valence-electron chi connectivity index (χ1n) is 9.68. The lowest BCUT2D eigenvalue weighted by Gasteiger charge is -2.12. The van der Waals surface area contributed by atoms with Crippen molar-refractivity contribution in [2.75, 3.05) is 32.4 Å². The zero-order chi connectivity index (χ0) is 22.0. The van der Waals surface area contributed by atoms with Gasteiger partial charge in [0.1, 0.15) is 10.7 Å². The smallest absolute Gasteiger partial charge is 0.251 e. The van der Waals surface area contributed by atoms with E-state index in [1.54, 1.807) is 13.1 Å².